The number of sulfonamides is 1. The molecule has 2 bridgehead atoms. The lowest BCUT2D eigenvalue weighted by molar-refractivity contribution is -0.933. The van der Waals surface area contributed by atoms with Gasteiger partial charge in [0.25, 0.3) is 5.91 Å². The van der Waals surface area contributed by atoms with Crippen molar-refractivity contribution in [3.8, 4) is 0 Å². The Morgan fingerprint density at radius 3 is 2.35 bits per heavy atom. The summed E-state index contributed by atoms with van der Waals surface area (Å²) < 4.78 is 27.6. The lowest BCUT2D eigenvalue weighted by atomic mass is 10.1. The van der Waals surface area contributed by atoms with E-state index in [2.05, 4.69) is 10.2 Å². The Morgan fingerprint density at radius 2 is 1.77 bits per heavy atom. The number of amides is 1. The molecule has 3 aliphatic rings. The third-order valence-electron chi connectivity index (χ3n) is 5.61. The molecule has 3 aliphatic heterocycles. The fourth-order valence-electron chi connectivity index (χ4n) is 3.92. The van der Waals surface area contributed by atoms with Gasteiger partial charge < -0.3 is 9.80 Å². The van der Waals surface area contributed by atoms with Crippen LogP contribution in [0, 0.1) is 0 Å². The Labute approximate surface area is 156 Å². The van der Waals surface area contributed by atoms with Gasteiger partial charge in [0.15, 0.2) is 6.54 Å². The van der Waals surface area contributed by atoms with Crippen LogP contribution in [-0.2, 0) is 14.8 Å². The Morgan fingerprint density at radius 1 is 1.15 bits per heavy atom. The molecule has 3 saturated heterocycles. The molecule has 0 atom stereocenters. The van der Waals surface area contributed by atoms with E-state index < -0.39 is 10.0 Å². The first-order chi connectivity index (χ1) is 12.4. The highest BCUT2D eigenvalue weighted by atomic mass is 32.2. The molecule has 7 nitrogen and oxygen atoms in total. The highest BCUT2D eigenvalue weighted by Crippen LogP contribution is 2.21. The molecule has 0 radical (unpaired) electrons. The second-order valence-electron chi connectivity index (χ2n) is 7.18. The molecule has 0 aliphatic carbocycles. The van der Waals surface area contributed by atoms with E-state index in [1.807, 2.05) is 13.8 Å². The van der Waals surface area contributed by atoms with Crippen LogP contribution < -0.4 is 5.32 Å². The number of quaternary nitrogens is 1. The summed E-state index contributed by atoms with van der Waals surface area (Å²) in [4.78, 5) is 15.2. The van der Waals surface area contributed by atoms with E-state index in [1.54, 1.807) is 24.3 Å². The van der Waals surface area contributed by atoms with Gasteiger partial charge in [0.1, 0.15) is 0 Å². The molecule has 0 unspecified atom stereocenters. The van der Waals surface area contributed by atoms with E-state index in [4.69, 9.17) is 0 Å². The monoisotopic (exact) mass is 381 g/mol. The zero-order chi connectivity index (χ0) is 18.8. The number of piperazine rings is 3. The molecule has 0 aromatic heterocycles. The van der Waals surface area contributed by atoms with Crippen molar-refractivity contribution in [2.24, 2.45) is 0 Å². The number of nitrogens with zero attached hydrogens (tertiary/aromatic N) is 3. The van der Waals surface area contributed by atoms with Gasteiger partial charge in [0.2, 0.25) is 10.0 Å². The first kappa shape index (κ1) is 19.3. The number of benzene rings is 1. The summed E-state index contributed by atoms with van der Waals surface area (Å²) in [5.74, 6) is -0.0438. The highest BCUT2D eigenvalue weighted by molar-refractivity contribution is 7.89. The van der Waals surface area contributed by atoms with Gasteiger partial charge in [-0.15, -0.1) is 0 Å². The minimum Gasteiger partial charge on any atom is -0.321 e. The first-order valence-corrected chi connectivity index (χ1v) is 10.8. The average molecular weight is 382 g/mol. The lowest BCUT2D eigenvalue weighted by Crippen LogP contribution is -2.68. The van der Waals surface area contributed by atoms with Crippen LogP contribution in [0.25, 0.3) is 0 Å². The number of hydrogen-bond acceptors (Lipinski definition) is 4. The van der Waals surface area contributed by atoms with E-state index in [1.165, 1.54) is 4.31 Å². The average Bonchev–Trinajstić information content (AvgIpc) is 2.63. The minimum atomic E-state index is -3.52. The second-order valence-corrected chi connectivity index (χ2v) is 9.12. The number of rotatable bonds is 7. The fourth-order valence-corrected chi connectivity index (χ4v) is 5.43. The van der Waals surface area contributed by atoms with Gasteiger partial charge in [0, 0.05) is 38.4 Å². The molecular formula is C18H29N4O3S+. The largest absolute Gasteiger partial charge is 0.321 e. The van der Waals surface area contributed by atoms with Gasteiger partial charge in [-0.3, -0.25) is 9.69 Å². The van der Waals surface area contributed by atoms with Crippen molar-refractivity contribution < 1.29 is 17.7 Å². The van der Waals surface area contributed by atoms with Crippen molar-refractivity contribution in [1.29, 1.82) is 0 Å². The summed E-state index contributed by atoms with van der Waals surface area (Å²) in [6, 6.07) is 6.56. The van der Waals surface area contributed by atoms with Crippen LogP contribution >= 0.6 is 0 Å². The number of carbonyl (C=O) groups is 1. The van der Waals surface area contributed by atoms with Crippen LogP contribution in [0.5, 0.6) is 0 Å². The number of carbonyl (C=O) groups excluding carboxylic acids is 1. The summed E-state index contributed by atoms with van der Waals surface area (Å²) >= 11 is 0. The molecule has 4 rings (SSSR count). The third-order valence-corrected chi connectivity index (χ3v) is 7.66. The van der Waals surface area contributed by atoms with Crippen LogP contribution in [0.4, 0.5) is 5.69 Å². The van der Waals surface area contributed by atoms with Crippen LogP contribution in [0.15, 0.2) is 29.2 Å². The topological polar surface area (TPSA) is 69.7 Å². The summed E-state index contributed by atoms with van der Waals surface area (Å²) in [7, 11) is -3.52. The number of fused-ring (bicyclic) bond motifs is 3. The van der Waals surface area contributed by atoms with Crippen LogP contribution in [0.3, 0.4) is 0 Å². The van der Waals surface area contributed by atoms with Crippen molar-refractivity contribution in [3.63, 3.8) is 0 Å². The quantitative estimate of drug-likeness (QED) is 0.710. The maximum atomic E-state index is 12.7. The lowest BCUT2D eigenvalue weighted by Gasteiger charge is -2.50. The second kappa shape index (κ2) is 7.64. The normalized spacial score (nSPS) is 25.4. The summed E-state index contributed by atoms with van der Waals surface area (Å²) in [6.45, 7) is 11.2. The number of nitrogens with one attached hydrogen (secondary N) is 1. The van der Waals surface area contributed by atoms with E-state index in [-0.39, 0.29) is 10.8 Å². The van der Waals surface area contributed by atoms with E-state index in [0.717, 1.165) is 43.8 Å². The van der Waals surface area contributed by atoms with Crippen molar-refractivity contribution in [1.82, 2.24) is 9.21 Å². The molecule has 144 valence electrons. The van der Waals surface area contributed by atoms with Crippen LogP contribution in [0.1, 0.15) is 13.8 Å². The molecule has 3 heterocycles. The summed E-state index contributed by atoms with van der Waals surface area (Å²) in [5.41, 5.74) is 0.539. The molecule has 1 aromatic carbocycles. The summed E-state index contributed by atoms with van der Waals surface area (Å²) in [5, 5.41) is 2.90. The molecule has 1 aromatic rings. The van der Waals surface area contributed by atoms with E-state index in [0.29, 0.717) is 25.3 Å². The Balaban J connectivity index is 1.69. The zero-order valence-corrected chi connectivity index (χ0v) is 16.5. The zero-order valence-electron chi connectivity index (χ0n) is 15.6. The molecule has 1 amide bonds. The molecule has 3 fully saturated rings. The molecular weight excluding hydrogens is 352 g/mol. The predicted octanol–water partition coefficient (Wildman–Crippen LogP) is 0.802. The molecule has 1 N–H and O–H groups in total. The highest BCUT2D eigenvalue weighted by Gasteiger charge is 2.39. The smallest absolute Gasteiger partial charge is 0.279 e. The maximum absolute atomic E-state index is 12.7. The summed E-state index contributed by atoms with van der Waals surface area (Å²) in [6.07, 6.45) is 0. The predicted molar refractivity (Wildman–Crippen MR) is 101 cm³/mol. The molecule has 0 saturated carbocycles. The van der Waals surface area contributed by atoms with E-state index in [9.17, 15) is 13.2 Å². The van der Waals surface area contributed by atoms with Crippen LogP contribution in [-0.4, -0.2) is 86.9 Å². The van der Waals surface area contributed by atoms with Gasteiger partial charge in [-0.2, -0.15) is 4.31 Å². The molecule has 0 spiro atoms. The first-order valence-electron chi connectivity index (χ1n) is 9.36. The van der Waals surface area contributed by atoms with Crippen LogP contribution in [0.2, 0.25) is 0 Å². The van der Waals surface area contributed by atoms with Gasteiger partial charge in [-0.1, -0.05) is 19.9 Å². The van der Waals surface area contributed by atoms with Crippen molar-refractivity contribution in [3.05, 3.63) is 24.3 Å². The minimum absolute atomic E-state index is 0.0438. The van der Waals surface area contributed by atoms with Crippen molar-refractivity contribution in [2.75, 3.05) is 64.2 Å². The maximum Gasteiger partial charge on any atom is 0.279 e. The van der Waals surface area contributed by atoms with Gasteiger partial charge in [-0.25, -0.2) is 8.42 Å². The Bertz CT molecular complexity index is 740. The third kappa shape index (κ3) is 3.93. The van der Waals surface area contributed by atoms with Gasteiger partial charge >= 0.3 is 0 Å². The van der Waals surface area contributed by atoms with Crippen molar-refractivity contribution >= 4 is 21.6 Å². The van der Waals surface area contributed by atoms with Crippen molar-refractivity contribution in [2.45, 2.75) is 18.7 Å². The molecule has 26 heavy (non-hydrogen) atoms. The Kier molecular flexibility index (Phi) is 5.67. The van der Waals surface area contributed by atoms with Gasteiger partial charge in [0.05, 0.1) is 24.5 Å². The van der Waals surface area contributed by atoms with E-state index >= 15 is 0 Å². The number of anilines is 1. The molecule has 8 heteroatoms. The Hall–Kier alpha value is -1.48. The number of hydrogen-bond donors (Lipinski definition) is 1. The fraction of sp³-hybridized carbons (Fsp3) is 0.611. The standard InChI is InChI=1S/C18H28N4O3S/c1-3-21(4-2)26(24,25)17-7-5-6-16(14-17)19-18(23)15-22-11-8-20(9-12-22)10-13-22/h5-7,14H,3-4,8-13,15H2,1-2H3/p+1. The van der Waals surface area contributed by atoms with Gasteiger partial charge in [-0.05, 0) is 18.2 Å². The SMILES string of the molecule is CCN(CC)S(=O)(=O)c1cccc(NC(=O)C[N+]23CCN(CC2)CC3)c1.